The van der Waals surface area contributed by atoms with Crippen molar-refractivity contribution in [2.24, 2.45) is 5.92 Å². The molecule has 19 heavy (non-hydrogen) atoms. The first-order valence-corrected chi connectivity index (χ1v) is 6.89. The van der Waals surface area contributed by atoms with Crippen molar-refractivity contribution >= 4 is 11.6 Å². The maximum atomic E-state index is 11.7. The maximum Gasteiger partial charge on any atom is 0.238 e. The molecular weight excluding hydrogens is 240 g/mol. The van der Waals surface area contributed by atoms with Crippen LogP contribution in [-0.4, -0.2) is 32.2 Å². The largest absolute Gasteiger partial charge is 0.381 e. The van der Waals surface area contributed by atoms with Crippen LogP contribution in [0.5, 0.6) is 0 Å². The van der Waals surface area contributed by atoms with E-state index in [1.165, 1.54) is 12.0 Å². The van der Waals surface area contributed by atoms with E-state index in [9.17, 15) is 4.79 Å². The van der Waals surface area contributed by atoms with Crippen molar-refractivity contribution < 1.29 is 9.53 Å². The summed E-state index contributed by atoms with van der Waals surface area (Å²) in [5.41, 5.74) is 2.03. The standard InChI is InChI=1S/C15H22N2O2/c1-12-4-6-14(7-5-12)17-15(18)10-16-9-13-3-2-8-19-11-13/h4-7,13,16H,2-3,8-11H2,1H3,(H,17,18). The van der Waals surface area contributed by atoms with E-state index in [1.54, 1.807) is 0 Å². The molecule has 1 aromatic carbocycles. The summed E-state index contributed by atoms with van der Waals surface area (Å²) in [4.78, 5) is 11.7. The minimum Gasteiger partial charge on any atom is -0.381 e. The molecule has 1 saturated heterocycles. The molecule has 2 N–H and O–H groups in total. The number of benzene rings is 1. The van der Waals surface area contributed by atoms with Crippen LogP contribution in [0.1, 0.15) is 18.4 Å². The van der Waals surface area contributed by atoms with Gasteiger partial charge in [0, 0.05) is 18.8 Å². The molecule has 1 atom stereocenters. The van der Waals surface area contributed by atoms with E-state index in [1.807, 2.05) is 31.2 Å². The first kappa shape index (κ1) is 14.0. The third kappa shape index (κ3) is 5.01. The van der Waals surface area contributed by atoms with Gasteiger partial charge in [-0.15, -0.1) is 0 Å². The number of ether oxygens (including phenoxy) is 1. The van der Waals surface area contributed by atoms with Gasteiger partial charge in [0.15, 0.2) is 0 Å². The second-order valence-corrected chi connectivity index (χ2v) is 5.13. The van der Waals surface area contributed by atoms with Crippen LogP contribution in [0.3, 0.4) is 0 Å². The summed E-state index contributed by atoms with van der Waals surface area (Å²) >= 11 is 0. The number of amides is 1. The Kier molecular flexibility index (Phi) is 5.36. The number of hydrogen-bond donors (Lipinski definition) is 2. The SMILES string of the molecule is Cc1ccc(NC(=O)CNCC2CCCOC2)cc1. The number of carbonyl (C=O) groups excluding carboxylic acids is 1. The third-order valence-corrected chi connectivity index (χ3v) is 3.31. The average Bonchev–Trinajstić information content (AvgIpc) is 2.43. The Morgan fingerprint density at radius 3 is 2.84 bits per heavy atom. The van der Waals surface area contributed by atoms with Crippen LogP contribution in [0, 0.1) is 12.8 Å². The first-order chi connectivity index (χ1) is 9.24. The molecule has 0 aliphatic carbocycles. The molecule has 1 aromatic rings. The molecule has 1 aliphatic heterocycles. The van der Waals surface area contributed by atoms with Gasteiger partial charge in [-0.05, 0) is 37.8 Å². The molecule has 1 heterocycles. The van der Waals surface area contributed by atoms with E-state index in [-0.39, 0.29) is 5.91 Å². The lowest BCUT2D eigenvalue weighted by molar-refractivity contribution is -0.115. The lowest BCUT2D eigenvalue weighted by Crippen LogP contribution is -2.34. The molecule has 1 fully saturated rings. The molecule has 2 rings (SSSR count). The summed E-state index contributed by atoms with van der Waals surface area (Å²) < 4.78 is 5.41. The zero-order valence-corrected chi connectivity index (χ0v) is 11.4. The van der Waals surface area contributed by atoms with E-state index < -0.39 is 0 Å². The summed E-state index contributed by atoms with van der Waals surface area (Å²) in [6.07, 6.45) is 2.31. The lowest BCUT2D eigenvalue weighted by atomic mass is 10.0. The number of nitrogens with one attached hydrogen (secondary N) is 2. The Morgan fingerprint density at radius 1 is 1.37 bits per heavy atom. The van der Waals surface area contributed by atoms with Gasteiger partial charge in [0.25, 0.3) is 0 Å². The molecule has 4 heteroatoms. The summed E-state index contributed by atoms with van der Waals surface area (Å²) in [5.74, 6) is 0.543. The van der Waals surface area contributed by atoms with Crippen molar-refractivity contribution in [1.82, 2.24) is 5.32 Å². The predicted molar refractivity (Wildman–Crippen MR) is 76.2 cm³/mol. The number of rotatable bonds is 5. The first-order valence-electron chi connectivity index (χ1n) is 6.89. The third-order valence-electron chi connectivity index (χ3n) is 3.31. The smallest absolute Gasteiger partial charge is 0.238 e. The number of aryl methyl sites for hydroxylation is 1. The summed E-state index contributed by atoms with van der Waals surface area (Å²) in [7, 11) is 0. The average molecular weight is 262 g/mol. The van der Waals surface area contributed by atoms with E-state index in [0.29, 0.717) is 12.5 Å². The molecule has 0 aromatic heterocycles. The van der Waals surface area contributed by atoms with Crippen LogP contribution >= 0.6 is 0 Å². The molecule has 1 amide bonds. The summed E-state index contributed by atoms with van der Waals surface area (Å²) in [6.45, 7) is 4.92. The molecule has 0 spiro atoms. The zero-order valence-electron chi connectivity index (χ0n) is 11.4. The molecule has 1 aliphatic rings. The Morgan fingerprint density at radius 2 is 2.16 bits per heavy atom. The molecule has 0 saturated carbocycles. The van der Waals surface area contributed by atoms with Gasteiger partial charge < -0.3 is 15.4 Å². The topological polar surface area (TPSA) is 50.4 Å². The van der Waals surface area contributed by atoms with Gasteiger partial charge in [0.05, 0.1) is 13.2 Å². The van der Waals surface area contributed by atoms with Crippen molar-refractivity contribution in [2.75, 3.05) is 31.6 Å². The van der Waals surface area contributed by atoms with E-state index in [4.69, 9.17) is 4.74 Å². The fraction of sp³-hybridized carbons (Fsp3) is 0.533. The van der Waals surface area contributed by atoms with Crippen LogP contribution in [0.4, 0.5) is 5.69 Å². The number of hydrogen-bond acceptors (Lipinski definition) is 3. The van der Waals surface area contributed by atoms with Crippen molar-refractivity contribution in [2.45, 2.75) is 19.8 Å². The monoisotopic (exact) mass is 262 g/mol. The predicted octanol–water partition coefficient (Wildman–Crippen LogP) is 1.95. The minimum atomic E-state index is 0.000538. The quantitative estimate of drug-likeness (QED) is 0.852. The Bertz CT molecular complexity index is 397. The summed E-state index contributed by atoms with van der Waals surface area (Å²) in [5, 5.41) is 6.07. The fourth-order valence-corrected chi connectivity index (χ4v) is 2.20. The van der Waals surface area contributed by atoms with Crippen LogP contribution in [0.25, 0.3) is 0 Å². The van der Waals surface area contributed by atoms with Gasteiger partial charge in [-0.25, -0.2) is 0 Å². The zero-order chi connectivity index (χ0) is 13.5. The second-order valence-electron chi connectivity index (χ2n) is 5.13. The van der Waals surface area contributed by atoms with Gasteiger partial charge >= 0.3 is 0 Å². The normalized spacial score (nSPS) is 19.1. The van der Waals surface area contributed by atoms with Crippen molar-refractivity contribution in [1.29, 1.82) is 0 Å². The van der Waals surface area contributed by atoms with Gasteiger partial charge in [-0.1, -0.05) is 17.7 Å². The van der Waals surface area contributed by atoms with Crippen LogP contribution < -0.4 is 10.6 Å². The van der Waals surface area contributed by atoms with E-state index in [2.05, 4.69) is 10.6 Å². The molecule has 1 unspecified atom stereocenters. The van der Waals surface area contributed by atoms with E-state index in [0.717, 1.165) is 31.9 Å². The van der Waals surface area contributed by atoms with Crippen LogP contribution in [0.15, 0.2) is 24.3 Å². The van der Waals surface area contributed by atoms with E-state index >= 15 is 0 Å². The van der Waals surface area contributed by atoms with Crippen LogP contribution in [0.2, 0.25) is 0 Å². The molecule has 0 bridgehead atoms. The number of carbonyl (C=O) groups is 1. The van der Waals surface area contributed by atoms with Gasteiger partial charge in [0.1, 0.15) is 0 Å². The van der Waals surface area contributed by atoms with Crippen molar-refractivity contribution in [3.8, 4) is 0 Å². The second kappa shape index (κ2) is 7.26. The Balaban J connectivity index is 1.65. The van der Waals surface area contributed by atoms with Gasteiger partial charge in [-0.3, -0.25) is 4.79 Å². The highest BCUT2D eigenvalue weighted by Gasteiger charge is 2.13. The van der Waals surface area contributed by atoms with Crippen molar-refractivity contribution in [3.63, 3.8) is 0 Å². The number of anilines is 1. The van der Waals surface area contributed by atoms with Crippen LogP contribution in [-0.2, 0) is 9.53 Å². The Labute approximate surface area is 114 Å². The highest BCUT2D eigenvalue weighted by Crippen LogP contribution is 2.12. The summed E-state index contributed by atoms with van der Waals surface area (Å²) in [6, 6.07) is 7.81. The minimum absolute atomic E-state index is 0.000538. The molecular formula is C15H22N2O2. The lowest BCUT2D eigenvalue weighted by Gasteiger charge is -2.22. The molecule has 4 nitrogen and oxygen atoms in total. The molecule has 104 valence electrons. The Hall–Kier alpha value is -1.39. The maximum absolute atomic E-state index is 11.7. The fourth-order valence-electron chi connectivity index (χ4n) is 2.20. The highest BCUT2D eigenvalue weighted by atomic mass is 16.5. The van der Waals surface area contributed by atoms with Gasteiger partial charge in [-0.2, -0.15) is 0 Å². The highest BCUT2D eigenvalue weighted by molar-refractivity contribution is 5.92. The molecule has 0 radical (unpaired) electrons. The van der Waals surface area contributed by atoms with Gasteiger partial charge in [0.2, 0.25) is 5.91 Å². The van der Waals surface area contributed by atoms with Crippen molar-refractivity contribution in [3.05, 3.63) is 29.8 Å².